The molecule has 0 radical (unpaired) electrons. The third-order valence-electron chi connectivity index (χ3n) is 2.70. The number of aliphatic carboxylic acids is 1. The van der Waals surface area contributed by atoms with E-state index in [0.717, 1.165) is 19.8 Å². The molecule has 0 aromatic heterocycles. The van der Waals surface area contributed by atoms with Gasteiger partial charge in [0.25, 0.3) is 5.97 Å². The third kappa shape index (κ3) is 6.58. The Labute approximate surface area is 96.9 Å². The lowest BCUT2D eigenvalue weighted by atomic mass is 9.99. The van der Waals surface area contributed by atoms with Crippen LogP contribution in [0, 0.1) is 0 Å². The van der Waals surface area contributed by atoms with Gasteiger partial charge in [0.15, 0.2) is 0 Å². The second kappa shape index (κ2) is 6.66. The molecule has 1 heterocycles. The number of aliphatic hydroxyl groups excluding tert-OH is 1. The molecule has 94 valence electrons. The minimum atomic E-state index is -0.833. The van der Waals surface area contributed by atoms with Crippen LogP contribution in [0.1, 0.15) is 40.5 Å². The molecular weight excluding hydrogens is 208 g/mol. The molecule has 0 aromatic carbocycles. The molecule has 1 rings (SSSR count). The van der Waals surface area contributed by atoms with Gasteiger partial charge in [0, 0.05) is 6.92 Å². The molecule has 2 N–H and O–H groups in total. The van der Waals surface area contributed by atoms with Crippen molar-refractivity contribution in [3.05, 3.63) is 11.6 Å². The maximum atomic E-state index is 9.00. The fourth-order valence-electron chi connectivity index (χ4n) is 1.34. The summed E-state index contributed by atoms with van der Waals surface area (Å²) in [6, 6.07) is 0. The second-order valence-corrected chi connectivity index (χ2v) is 4.32. The van der Waals surface area contributed by atoms with E-state index in [1.165, 1.54) is 5.57 Å². The Hall–Kier alpha value is -0.870. The van der Waals surface area contributed by atoms with E-state index in [2.05, 4.69) is 13.8 Å². The Kier molecular flexibility index (Phi) is 6.29. The quantitative estimate of drug-likeness (QED) is 0.572. The molecule has 0 bridgehead atoms. The van der Waals surface area contributed by atoms with Crippen molar-refractivity contribution in [1.82, 2.24) is 0 Å². The molecule has 1 aliphatic rings. The maximum Gasteiger partial charge on any atom is 0.300 e. The van der Waals surface area contributed by atoms with Crippen molar-refractivity contribution in [3.8, 4) is 0 Å². The molecule has 0 amide bonds. The molecule has 0 aromatic rings. The average Bonchev–Trinajstić information content (AvgIpc) is 2.72. The summed E-state index contributed by atoms with van der Waals surface area (Å²) in [6.45, 7) is 7.53. The minimum absolute atomic E-state index is 0.116. The van der Waals surface area contributed by atoms with Crippen LogP contribution >= 0.6 is 0 Å². The number of hydrogen-bond donors (Lipinski definition) is 2. The van der Waals surface area contributed by atoms with Gasteiger partial charge in [0.1, 0.15) is 0 Å². The van der Waals surface area contributed by atoms with E-state index in [4.69, 9.17) is 19.7 Å². The van der Waals surface area contributed by atoms with Crippen LogP contribution in [0.25, 0.3) is 0 Å². The maximum absolute atomic E-state index is 9.00. The van der Waals surface area contributed by atoms with E-state index < -0.39 is 5.97 Å². The highest BCUT2D eigenvalue weighted by Crippen LogP contribution is 2.40. The van der Waals surface area contributed by atoms with Crippen LogP contribution in [0.3, 0.4) is 0 Å². The smallest absolute Gasteiger partial charge is 0.300 e. The van der Waals surface area contributed by atoms with Gasteiger partial charge in [-0.2, -0.15) is 0 Å². The predicted octanol–water partition coefficient (Wildman–Crippen LogP) is 1.97. The predicted molar refractivity (Wildman–Crippen MR) is 62.3 cm³/mol. The first-order chi connectivity index (χ1) is 7.31. The Morgan fingerprint density at radius 3 is 2.25 bits per heavy atom. The lowest BCUT2D eigenvalue weighted by molar-refractivity contribution is -0.134. The first kappa shape index (κ1) is 15.1. The zero-order valence-electron chi connectivity index (χ0n) is 10.5. The van der Waals surface area contributed by atoms with Gasteiger partial charge in [0.2, 0.25) is 0 Å². The van der Waals surface area contributed by atoms with Gasteiger partial charge in [0.05, 0.1) is 18.3 Å². The summed E-state index contributed by atoms with van der Waals surface area (Å²) < 4.78 is 5.44. The summed E-state index contributed by atoms with van der Waals surface area (Å²) in [5.74, 6) is -0.833. The van der Waals surface area contributed by atoms with Crippen molar-refractivity contribution in [3.63, 3.8) is 0 Å². The van der Waals surface area contributed by atoms with E-state index in [1.54, 1.807) is 0 Å². The molecule has 0 spiro atoms. The van der Waals surface area contributed by atoms with E-state index >= 15 is 0 Å². The fourth-order valence-corrected chi connectivity index (χ4v) is 1.34. The molecule has 0 aliphatic carbocycles. The molecule has 2 unspecified atom stereocenters. The Morgan fingerprint density at radius 2 is 1.94 bits per heavy atom. The van der Waals surface area contributed by atoms with Gasteiger partial charge in [-0.15, -0.1) is 0 Å². The first-order valence-corrected chi connectivity index (χ1v) is 5.45. The average molecular weight is 230 g/mol. The number of epoxide rings is 1. The number of carboxylic acids is 1. The van der Waals surface area contributed by atoms with Crippen molar-refractivity contribution < 1.29 is 19.7 Å². The SMILES string of the molecule is CC(=CCO)CCC1(C)OC1C.CC(=O)O. The number of carboxylic acid groups (broad SMARTS) is 1. The molecule has 4 heteroatoms. The number of allylic oxidation sites excluding steroid dienone is 1. The van der Waals surface area contributed by atoms with Crippen LogP contribution in [-0.4, -0.2) is 34.5 Å². The van der Waals surface area contributed by atoms with Gasteiger partial charge in [-0.3, -0.25) is 4.79 Å². The minimum Gasteiger partial charge on any atom is -0.481 e. The number of rotatable bonds is 4. The van der Waals surface area contributed by atoms with Gasteiger partial charge in [-0.05, 0) is 33.6 Å². The number of carbonyl (C=O) groups is 1. The number of ether oxygens (including phenoxy) is 1. The van der Waals surface area contributed by atoms with E-state index in [0.29, 0.717) is 6.10 Å². The third-order valence-corrected chi connectivity index (χ3v) is 2.70. The van der Waals surface area contributed by atoms with Crippen LogP contribution in [-0.2, 0) is 9.53 Å². The summed E-state index contributed by atoms with van der Waals surface area (Å²) in [7, 11) is 0. The fraction of sp³-hybridized carbons (Fsp3) is 0.750. The number of aliphatic hydroxyl groups is 1. The Morgan fingerprint density at radius 1 is 1.50 bits per heavy atom. The molecule has 4 nitrogen and oxygen atoms in total. The first-order valence-electron chi connectivity index (χ1n) is 5.45. The molecule has 0 saturated carbocycles. The standard InChI is InChI=1S/C10H18O2.C2H4O2/c1-8(5-7-11)4-6-10(3)9(2)12-10;1-2(3)4/h5,9,11H,4,6-7H2,1-3H3;1H3,(H,3,4). The van der Waals surface area contributed by atoms with Crippen molar-refractivity contribution in [2.24, 2.45) is 0 Å². The van der Waals surface area contributed by atoms with Crippen LogP contribution < -0.4 is 0 Å². The zero-order chi connectivity index (χ0) is 12.8. The van der Waals surface area contributed by atoms with Crippen molar-refractivity contribution in [2.75, 3.05) is 6.61 Å². The van der Waals surface area contributed by atoms with E-state index in [1.807, 2.05) is 13.0 Å². The molecule has 16 heavy (non-hydrogen) atoms. The van der Waals surface area contributed by atoms with Gasteiger partial charge < -0.3 is 14.9 Å². The molecular formula is C12H22O4. The summed E-state index contributed by atoms with van der Waals surface area (Å²) >= 11 is 0. The highest BCUT2D eigenvalue weighted by Gasteiger charge is 2.47. The van der Waals surface area contributed by atoms with E-state index in [9.17, 15) is 0 Å². The van der Waals surface area contributed by atoms with E-state index in [-0.39, 0.29) is 12.2 Å². The molecule has 2 atom stereocenters. The highest BCUT2D eigenvalue weighted by molar-refractivity contribution is 5.62. The van der Waals surface area contributed by atoms with Crippen LogP contribution in [0.15, 0.2) is 11.6 Å². The number of hydrogen-bond acceptors (Lipinski definition) is 3. The van der Waals surface area contributed by atoms with Crippen molar-refractivity contribution in [1.29, 1.82) is 0 Å². The summed E-state index contributed by atoms with van der Waals surface area (Å²) in [6.07, 6.45) is 4.37. The Bertz CT molecular complexity index is 256. The lowest BCUT2D eigenvalue weighted by Crippen LogP contribution is -2.07. The molecule has 1 fully saturated rings. The van der Waals surface area contributed by atoms with Crippen LogP contribution in [0.2, 0.25) is 0 Å². The van der Waals surface area contributed by atoms with Crippen molar-refractivity contribution in [2.45, 2.75) is 52.2 Å². The van der Waals surface area contributed by atoms with Gasteiger partial charge >= 0.3 is 0 Å². The largest absolute Gasteiger partial charge is 0.481 e. The monoisotopic (exact) mass is 230 g/mol. The molecule has 1 saturated heterocycles. The highest BCUT2D eigenvalue weighted by atomic mass is 16.6. The van der Waals surface area contributed by atoms with Gasteiger partial charge in [-0.25, -0.2) is 0 Å². The topological polar surface area (TPSA) is 70.1 Å². The van der Waals surface area contributed by atoms with Crippen LogP contribution in [0.5, 0.6) is 0 Å². The van der Waals surface area contributed by atoms with Crippen molar-refractivity contribution >= 4 is 5.97 Å². The summed E-state index contributed by atoms with van der Waals surface area (Å²) in [4.78, 5) is 9.00. The lowest BCUT2D eigenvalue weighted by Gasteiger charge is -2.05. The zero-order valence-corrected chi connectivity index (χ0v) is 10.5. The summed E-state index contributed by atoms with van der Waals surface area (Å²) in [5, 5.41) is 16.0. The normalized spacial score (nSPS) is 28.1. The second-order valence-electron chi connectivity index (χ2n) is 4.32. The van der Waals surface area contributed by atoms with Crippen LogP contribution in [0.4, 0.5) is 0 Å². The van der Waals surface area contributed by atoms with Gasteiger partial charge in [-0.1, -0.05) is 11.6 Å². The molecule has 1 aliphatic heterocycles. The Balaban J connectivity index is 0.000000487. The summed E-state index contributed by atoms with van der Waals surface area (Å²) in [5.41, 5.74) is 1.37.